The highest BCUT2D eigenvalue weighted by atomic mass is 35.5. The maximum Gasteiger partial charge on any atom is 0.337 e. The van der Waals surface area contributed by atoms with Crippen molar-refractivity contribution in [2.75, 3.05) is 30.2 Å². The molecule has 1 aliphatic carbocycles. The van der Waals surface area contributed by atoms with Gasteiger partial charge in [-0.15, -0.1) is 10.2 Å². The number of allylic oxidation sites excluding steroid dienone is 3. The zero-order valence-corrected chi connectivity index (χ0v) is 25.4. The molecule has 0 saturated heterocycles. The summed E-state index contributed by atoms with van der Waals surface area (Å²) in [5.41, 5.74) is 9.40. The molecule has 5 rings (SSSR count). The van der Waals surface area contributed by atoms with Gasteiger partial charge in [-0.2, -0.15) is 5.26 Å². The molecule has 1 amide bonds. The monoisotopic (exact) mass is 636 g/mol. The van der Waals surface area contributed by atoms with E-state index in [-0.39, 0.29) is 28.8 Å². The third-order valence-corrected chi connectivity index (χ3v) is 9.20. The lowest BCUT2D eigenvalue weighted by Gasteiger charge is -2.38. The van der Waals surface area contributed by atoms with E-state index in [1.54, 1.807) is 47.4 Å². The van der Waals surface area contributed by atoms with Crippen LogP contribution < -0.4 is 20.7 Å². The average Bonchev–Trinajstić information content (AvgIpc) is 3.48. The molecular formula is C29H25ClN6O5S2. The lowest BCUT2D eigenvalue weighted by atomic mass is 9.75. The number of ketones is 1. The summed E-state index contributed by atoms with van der Waals surface area (Å²) in [6, 6.07) is 13.7. The van der Waals surface area contributed by atoms with Gasteiger partial charge in [0, 0.05) is 22.7 Å². The van der Waals surface area contributed by atoms with Crippen LogP contribution in [0.1, 0.15) is 41.1 Å². The second-order valence-corrected chi connectivity index (χ2v) is 12.1. The summed E-state index contributed by atoms with van der Waals surface area (Å²) in [6.07, 6.45) is 1.50. The SMILES string of the molecule is COC(=O)c1ccc(C2C(C#N)=C(N)N(c3nnc(SCC(=O)Nc4cc(Cl)ccc4OC)s3)C3=C2C(=O)CCC3)cc1. The second-order valence-electron chi connectivity index (χ2n) is 9.46. The fraction of sp³-hybridized carbons (Fsp3) is 0.241. The number of nitrogens with two attached hydrogens (primary N) is 1. The Hall–Kier alpha value is -4.38. The summed E-state index contributed by atoms with van der Waals surface area (Å²) in [6.45, 7) is 0. The number of esters is 1. The number of amides is 1. The molecule has 3 N–H and O–H groups in total. The molecule has 220 valence electrons. The van der Waals surface area contributed by atoms with Gasteiger partial charge in [0.2, 0.25) is 11.0 Å². The highest BCUT2D eigenvalue weighted by molar-refractivity contribution is 8.01. The summed E-state index contributed by atoms with van der Waals surface area (Å²) in [5, 5.41) is 22.4. The number of nitriles is 1. The standard InChI is InChI=1S/C29H25ClN6O5S2/c1-40-22-11-10-17(30)12-19(22)33-23(38)14-42-29-35-34-28(43-29)36-20-4-3-5-21(37)25(20)24(18(13-31)26(36)32)15-6-8-16(9-7-15)27(39)41-2/h6-12,24H,3-5,14,32H2,1-2H3,(H,33,38). The van der Waals surface area contributed by atoms with E-state index in [0.29, 0.717) is 67.6 Å². The number of carbonyl (C=O) groups is 3. The number of methoxy groups -OCH3 is 2. The zero-order chi connectivity index (χ0) is 30.7. The molecule has 11 nitrogen and oxygen atoms in total. The van der Waals surface area contributed by atoms with Gasteiger partial charge in [0.1, 0.15) is 11.6 Å². The van der Waals surface area contributed by atoms with Crippen LogP contribution in [0.25, 0.3) is 0 Å². The van der Waals surface area contributed by atoms with Crippen LogP contribution in [-0.4, -0.2) is 47.8 Å². The van der Waals surface area contributed by atoms with E-state index in [9.17, 15) is 19.6 Å². The van der Waals surface area contributed by atoms with E-state index in [1.807, 2.05) is 0 Å². The molecule has 0 fully saturated rings. The molecule has 0 bridgehead atoms. The molecule has 1 atom stereocenters. The van der Waals surface area contributed by atoms with Gasteiger partial charge in [-0.3, -0.25) is 14.5 Å². The Bertz CT molecular complexity index is 1710. The molecule has 0 spiro atoms. The number of thioether (sulfide) groups is 1. The van der Waals surface area contributed by atoms with Crippen molar-refractivity contribution >= 4 is 63.2 Å². The highest BCUT2D eigenvalue weighted by Gasteiger charge is 2.41. The first kappa shape index (κ1) is 30.1. The minimum Gasteiger partial charge on any atom is -0.495 e. The number of anilines is 2. The maximum atomic E-state index is 13.3. The smallest absolute Gasteiger partial charge is 0.337 e. The zero-order valence-electron chi connectivity index (χ0n) is 23.0. The number of halogens is 1. The summed E-state index contributed by atoms with van der Waals surface area (Å²) < 4.78 is 10.6. The van der Waals surface area contributed by atoms with E-state index in [2.05, 4.69) is 21.6 Å². The Kier molecular flexibility index (Phi) is 9.00. The number of nitrogens with zero attached hydrogens (tertiary/aromatic N) is 4. The van der Waals surface area contributed by atoms with Gasteiger partial charge in [-0.05, 0) is 48.7 Å². The second kappa shape index (κ2) is 12.9. The number of hydrogen-bond acceptors (Lipinski definition) is 12. The van der Waals surface area contributed by atoms with Gasteiger partial charge in [0.15, 0.2) is 10.1 Å². The molecule has 2 heterocycles. The number of benzene rings is 2. The topological polar surface area (TPSA) is 161 Å². The van der Waals surface area contributed by atoms with E-state index < -0.39 is 11.9 Å². The van der Waals surface area contributed by atoms with Crippen molar-refractivity contribution in [1.82, 2.24) is 10.2 Å². The third kappa shape index (κ3) is 6.08. The minimum atomic E-state index is -0.690. The number of ether oxygens (including phenoxy) is 2. The molecule has 1 aliphatic heterocycles. The van der Waals surface area contributed by atoms with Crippen LogP contribution >= 0.6 is 34.7 Å². The van der Waals surface area contributed by atoms with Crippen LogP contribution in [0.2, 0.25) is 5.02 Å². The quantitative estimate of drug-likeness (QED) is 0.252. The lowest BCUT2D eigenvalue weighted by molar-refractivity contribution is -0.116. The Morgan fingerprint density at radius 1 is 1.21 bits per heavy atom. The Balaban J connectivity index is 1.41. The lowest BCUT2D eigenvalue weighted by Crippen LogP contribution is -2.38. The highest BCUT2D eigenvalue weighted by Crippen LogP contribution is 2.47. The molecular weight excluding hydrogens is 612 g/mol. The van der Waals surface area contributed by atoms with Gasteiger partial charge in [0.05, 0.1) is 48.8 Å². The van der Waals surface area contributed by atoms with E-state index in [1.165, 1.54) is 37.3 Å². The number of aromatic nitrogens is 2. The van der Waals surface area contributed by atoms with Crippen molar-refractivity contribution in [2.24, 2.45) is 5.73 Å². The summed E-state index contributed by atoms with van der Waals surface area (Å²) in [7, 11) is 2.80. The number of carbonyl (C=O) groups excluding carboxylic acids is 3. The predicted octanol–water partition coefficient (Wildman–Crippen LogP) is 5.02. The molecule has 1 unspecified atom stereocenters. The molecule has 2 aromatic carbocycles. The van der Waals surface area contributed by atoms with Crippen LogP contribution in [0, 0.1) is 11.3 Å². The fourth-order valence-corrected chi connectivity index (χ4v) is 6.86. The van der Waals surface area contributed by atoms with Gasteiger partial charge < -0.3 is 20.5 Å². The van der Waals surface area contributed by atoms with Crippen LogP contribution in [0.4, 0.5) is 10.8 Å². The van der Waals surface area contributed by atoms with Gasteiger partial charge in [0.25, 0.3) is 0 Å². The maximum absolute atomic E-state index is 13.3. The van der Waals surface area contributed by atoms with Crippen molar-refractivity contribution in [3.8, 4) is 11.8 Å². The third-order valence-electron chi connectivity index (χ3n) is 6.93. The number of hydrogen-bond donors (Lipinski definition) is 2. The first-order chi connectivity index (χ1) is 20.7. The Morgan fingerprint density at radius 3 is 2.67 bits per heavy atom. The van der Waals surface area contributed by atoms with Gasteiger partial charge in [-0.1, -0.05) is 46.8 Å². The van der Waals surface area contributed by atoms with Crippen molar-refractivity contribution in [3.05, 3.63) is 81.3 Å². The molecule has 14 heteroatoms. The van der Waals surface area contributed by atoms with E-state index in [0.717, 1.165) is 0 Å². The van der Waals surface area contributed by atoms with Crippen molar-refractivity contribution < 1.29 is 23.9 Å². The number of rotatable bonds is 8. The Morgan fingerprint density at radius 2 is 1.98 bits per heavy atom. The van der Waals surface area contributed by atoms with E-state index in [4.69, 9.17) is 26.8 Å². The van der Waals surface area contributed by atoms with Crippen molar-refractivity contribution in [2.45, 2.75) is 29.5 Å². The molecule has 1 aromatic heterocycles. The van der Waals surface area contributed by atoms with Crippen molar-refractivity contribution in [3.63, 3.8) is 0 Å². The van der Waals surface area contributed by atoms with Crippen LogP contribution in [0.15, 0.2) is 69.5 Å². The normalized spacial score (nSPS) is 16.5. The van der Waals surface area contributed by atoms with Crippen LogP contribution in [-0.2, 0) is 14.3 Å². The molecule has 0 saturated carbocycles. The number of nitrogens with one attached hydrogen (secondary N) is 1. The van der Waals surface area contributed by atoms with E-state index >= 15 is 0 Å². The summed E-state index contributed by atoms with van der Waals surface area (Å²) in [4.78, 5) is 39.6. The minimum absolute atomic E-state index is 0.0368. The van der Waals surface area contributed by atoms with Gasteiger partial charge >= 0.3 is 5.97 Å². The molecule has 2 aliphatic rings. The predicted molar refractivity (Wildman–Crippen MR) is 163 cm³/mol. The van der Waals surface area contributed by atoms with Crippen molar-refractivity contribution in [1.29, 1.82) is 5.26 Å². The van der Waals surface area contributed by atoms with Crippen LogP contribution in [0.3, 0.4) is 0 Å². The molecule has 0 radical (unpaired) electrons. The average molecular weight is 637 g/mol. The Labute approximate surface area is 260 Å². The number of Topliss-reactive ketones (excluding diaryl/α,β-unsaturated/α-hetero) is 1. The largest absolute Gasteiger partial charge is 0.495 e. The summed E-state index contributed by atoms with van der Waals surface area (Å²) >= 11 is 8.43. The fourth-order valence-electron chi connectivity index (χ4n) is 5.01. The molecule has 3 aromatic rings. The first-order valence-electron chi connectivity index (χ1n) is 13.0. The van der Waals surface area contributed by atoms with Crippen LogP contribution in [0.5, 0.6) is 5.75 Å². The van der Waals surface area contributed by atoms with Gasteiger partial charge in [-0.25, -0.2) is 4.79 Å². The molecule has 43 heavy (non-hydrogen) atoms. The first-order valence-corrected chi connectivity index (χ1v) is 15.2. The summed E-state index contributed by atoms with van der Waals surface area (Å²) in [5.74, 6) is -0.894.